The molecule has 0 aliphatic rings. The molecule has 0 radical (unpaired) electrons. The van der Waals surface area contributed by atoms with E-state index in [9.17, 15) is 13.2 Å². The lowest BCUT2D eigenvalue weighted by atomic mass is 10.3. The van der Waals surface area contributed by atoms with Gasteiger partial charge < -0.3 is 10.1 Å². The summed E-state index contributed by atoms with van der Waals surface area (Å²) in [7, 11) is -3.74. The number of ether oxygens (including phenoxy) is 1. The summed E-state index contributed by atoms with van der Waals surface area (Å²) in [4.78, 5) is 16.4. The Morgan fingerprint density at radius 2 is 1.90 bits per heavy atom. The van der Waals surface area contributed by atoms with E-state index in [0.717, 1.165) is 4.47 Å². The number of carbonyl (C=O) groups excluding carboxylic acids is 1. The van der Waals surface area contributed by atoms with Crippen LogP contribution in [-0.2, 0) is 14.8 Å². The maximum Gasteiger partial charge on any atom is 0.265 e. The molecular weight excluding hydrogens is 546 g/mol. The van der Waals surface area contributed by atoms with Crippen LogP contribution >= 0.6 is 43.2 Å². The average molecular weight is 561 g/mol. The summed E-state index contributed by atoms with van der Waals surface area (Å²) in [6, 6.07) is 11.2. The van der Waals surface area contributed by atoms with E-state index in [1.54, 1.807) is 18.4 Å². The number of nitrogens with one attached hydrogen (secondary N) is 2. The van der Waals surface area contributed by atoms with Crippen molar-refractivity contribution in [2.24, 2.45) is 0 Å². The molecule has 1 amide bonds. The molecule has 0 aliphatic carbocycles. The van der Waals surface area contributed by atoms with E-state index in [2.05, 4.69) is 46.9 Å². The number of hydrogen-bond donors (Lipinski definition) is 2. The van der Waals surface area contributed by atoms with E-state index in [4.69, 9.17) is 4.74 Å². The Hall–Kier alpha value is -1.95. The van der Waals surface area contributed by atoms with Crippen molar-refractivity contribution in [2.45, 2.75) is 17.9 Å². The molecule has 0 unspecified atom stereocenters. The Bertz CT molecular complexity index is 1100. The number of rotatable bonds is 7. The van der Waals surface area contributed by atoms with E-state index in [1.807, 2.05) is 12.1 Å². The Labute approximate surface area is 188 Å². The smallest absolute Gasteiger partial charge is 0.265 e. The van der Waals surface area contributed by atoms with Crippen molar-refractivity contribution in [2.75, 3.05) is 10.0 Å². The summed E-state index contributed by atoms with van der Waals surface area (Å²) in [5.74, 6) is 0.168. The summed E-state index contributed by atoms with van der Waals surface area (Å²) >= 11 is 7.93. The molecule has 3 aromatic rings. The van der Waals surface area contributed by atoms with Gasteiger partial charge in [0.1, 0.15) is 5.75 Å². The largest absolute Gasteiger partial charge is 0.480 e. The minimum absolute atomic E-state index is 0.0637. The van der Waals surface area contributed by atoms with Gasteiger partial charge >= 0.3 is 0 Å². The minimum atomic E-state index is -3.74. The lowest BCUT2D eigenvalue weighted by Crippen LogP contribution is -2.30. The molecule has 0 aliphatic heterocycles. The van der Waals surface area contributed by atoms with Crippen LogP contribution in [0.15, 0.2) is 67.9 Å². The number of amides is 1. The fourth-order valence-corrected chi connectivity index (χ4v) is 5.15. The van der Waals surface area contributed by atoms with Crippen molar-refractivity contribution < 1.29 is 17.9 Å². The Morgan fingerprint density at radius 1 is 1.17 bits per heavy atom. The Kier molecular flexibility index (Phi) is 6.93. The molecule has 3 rings (SSSR count). The third kappa shape index (κ3) is 5.78. The maximum atomic E-state index is 12.4. The van der Waals surface area contributed by atoms with E-state index >= 15 is 0 Å². The van der Waals surface area contributed by atoms with Crippen LogP contribution in [0.25, 0.3) is 0 Å². The van der Waals surface area contributed by atoms with Crippen LogP contribution in [0.5, 0.6) is 5.75 Å². The van der Waals surface area contributed by atoms with Gasteiger partial charge in [-0.1, -0.05) is 15.9 Å². The van der Waals surface area contributed by atoms with Crippen LogP contribution in [-0.4, -0.2) is 25.4 Å². The SMILES string of the molecule is C[C@@H](Oc1ccc(Br)cc1Br)C(=O)Nc1ccc(S(=O)(=O)Nc2nccs2)cc1. The van der Waals surface area contributed by atoms with E-state index < -0.39 is 16.1 Å². The van der Waals surface area contributed by atoms with E-state index in [1.165, 1.54) is 41.8 Å². The first-order chi connectivity index (χ1) is 13.7. The molecule has 1 atom stereocenters. The van der Waals surface area contributed by atoms with Crippen LogP contribution in [0, 0.1) is 0 Å². The van der Waals surface area contributed by atoms with Gasteiger partial charge in [0.25, 0.3) is 15.9 Å². The Morgan fingerprint density at radius 3 is 2.52 bits per heavy atom. The van der Waals surface area contributed by atoms with Crippen molar-refractivity contribution >= 4 is 69.9 Å². The van der Waals surface area contributed by atoms with Crippen LogP contribution in [0.4, 0.5) is 10.8 Å². The highest BCUT2D eigenvalue weighted by Gasteiger charge is 2.18. The predicted molar refractivity (Wildman–Crippen MR) is 120 cm³/mol. The van der Waals surface area contributed by atoms with Crippen molar-refractivity contribution in [1.82, 2.24) is 4.98 Å². The first-order valence-electron chi connectivity index (χ1n) is 8.19. The number of thiazole rings is 1. The van der Waals surface area contributed by atoms with Gasteiger partial charge in [0, 0.05) is 21.7 Å². The number of anilines is 2. The normalized spacial score (nSPS) is 12.2. The zero-order valence-corrected chi connectivity index (χ0v) is 19.7. The van der Waals surface area contributed by atoms with Gasteiger partial charge in [-0.3, -0.25) is 9.52 Å². The Balaban J connectivity index is 1.63. The van der Waals surface area contributed by atoms with Crippen molar-refractivity contribution in [3.63, 3.8) is 0 Å². The van der Waals surface area contributed by atoms with Crippen molar-refractivity contribution in [1.29, 1.82) is 0 Å². The number of halogens is 2. The molecule has 0 bridgehead atoms. The lowest BCUT2D eigenvalue weighted by molar-refractivity contribution is -0.122. The number of hydrogen-bond acceptors (Lipinski definition) is 6. The molecule has 0 saturated heterocycles. The fourth-order valence-electron chi connectivity index (χ4n) is 2.22. The first-order valence-corrected chi connectivity index (χ1v) is 12.1. The second-order valence-electron chi connectivity index (χ2n) is 5.79. The van der Waals surface area contributed by atoms with Crippen LogP contribution in [0.2, 0.25) is 0 Å². The van der Waals surface area contributed by atoms with Gasteiger partial charge in [0.05, 0.1) is 9.37 Å². The van der Waals surface area contributed by atoms with Gasteiger partial charge in [0.2, 0.25) is 0 Å². The number of nitrogens with zero attached hydrogens (tertiary/aromatic N) is 1. The second-order valence-corrected chi connectivity index (χ2v) is 10.1. The van der Waals surface area contributed by atoms with Crippen molar-refractivity contribution in [3.05, 3.63) is 63.0 Å². The quantitative estimate of drug-likeness (QED) is 0.429. The third-order valence-corrected chi connectivity index (χ3v) is 6.94. The van der Waals surface area contributed by atoms with Crippen LogP contribution < -0.4 is 14.8 Å². The third-order valence-electron chi connectivity index (χ3n) is 3.65. The van der Waals surface area contributed by atoms with Crippen molar-refractivity contribution in [3.8, 4) is 5.75 Å². The highest BCUT2D eigenvalue weighted by molar-refractivity contribution is 9.11. The summed E-state index contributed by atoms with van der Waals surface area (Å²) in [6.45, 7) is 1.63. The molecule has 152 valence electrons. The zero-order chi connectivity index (χ0) is 21.0. The molecule has 2 N–H and O–H groups in total. The van der Waals surface area contributed by atoms with Crippen LogP contribution in [0.3, 0.4) is 0 Å². The van der Waals surface area contributed by atoms with Gasteiger partial charge in [-0.05, 0) is 65.3 Å². The van der Waals surface area contributed by atoms with Gasteiger partial charge in [-0.25, -0.2) is 13.4 Å². The molecule has 1 aromatic heterocycles. The minimum Gasteiger partial charge on any atom is -0.480 e. The van der Waals surface area contributed by atoms with E-state index in [-0.39, 0.29) is 15.9 Å². The second kappa shape index (κ2) is 9.24. The number of benzene rings is 2. The molecule has 0 fully saturated rings. The molecular formula is C18H15Br2N3O4S2. The topological polar surface area (TPSA) is 97.4 Å². The molecule has 0 spiro atoms. The predicted octanol–water partition coefficient (Wildman–Crippen LogP) is 4.87. The molecule has 2 aromatic carbocycles. The highest BCUT2D eigenvalue weighted by atomic mass is 79.9. The number of carbonyl (C=O) groups is 1. The number of sulfonamides is 1. The van der Waals surface area contributed by atoms with Gasteiger partial charge in [-0.15, -0.1) is 11.3 Å². The average Bonchev–Trinajstić information content (AvgIpc) is 3.16. The fraction of sp³-hybridized carbons (Fsp3) is 0.111. The van der Waals surface area contributed by atoms with Gasteiger partial charge in [-0.2, -0.15) is 0 Å². The lowest BCUT2D eigenvalue weighted by Gasteiger charge is -2.16. The molecule has 0 saturated carbocycles. The molecule has 1 heterocycles. The molecule has 11 heteroatoms. The number of aromatic nitrogens is 1. The van der Waals surface area contributed by atoms with Gasteiger partial charge in [0.15, 0.2) is 11.2 Å². The monoisotopic (exact) mass is 559 g/mol. The summed E-state index contributed by atoms with van der Waals surface area (Å²) < 4.78 is 34.4. The standard InChI is InChI=1S/C18H15Br2N3O4S2/c1-11(27-16-7-2-12(19)10-15(16)20)17(24)22-13-3-5-14(6-4-13)29(25,26)23-18-21-8-9-28-18/h2-11H,1H3,(H,21,23)(H,22,24)/t11-/m1/s1. The highest BCUT2D eigenvalue weighted by Crippen LogP contribution is 2.29. The molecule has 7 nitrogen and oxygen atoms in total. The molecule has 29 heavy (non-hydrogen) atoms. The first kappa shape index (κ1) is 21.8. The summed E-state index contributed by atoms with van der Waals surface area (Å²) in [6.07, 6.45) is 0.749. The van der Waals surface area contributed by atoms with E-state index in [0.29, 0.717) is 15.9 Å². The summed E-state index contributed by atoms with van der Waals surface area (Å²) in [5.41, 5.74) is 0.452. The summed E-state index contributed by atoms with van der Waals surface area (Å²) in [5, 5.41) is 4.66. The zero-order valence-electron chi connectivity index (χ0n) is 14.9. The maximum absolute atomic E-state index is 12.4. The van der Waals surface area contributed by atoms with Crippen LogP contribution in [0.1, 0.15) is 6.92 Å².